The molecular formula is C15H33N7O9. The minimum Gasteiger partial charge on any atom is -0.665 e. The van der Waals surface area contributed by atoms with Crippen LogP contribution in [-0.2, 0) is 29.3 Å². The van der Waals surface area contributed by atoms with E-state index in [-0.39, 0.29) is 25.2 Å². The van der Waals surface area contributed by atoms with Crippen molar-refractivity contribution in [2.75, 3.05) is 60.6 Å². The molecule has 0 saturated heterocycles. The molecule has 0 aliphatic rings. The summed E-state index contributed by atoms with van der Waals surface area (Å²) >= 11 is 0. The van der Waals surface area contributed by atoms with E-state index in [1.54, 1.807) is 21.1 Å². The van der Waals surface area contributed by atoms with Crippen LogP contribution in [0.1, 0.15) is 38.5 Å². The van der Waals surface area contributed by atoms with Crippen LogP contribution in [0.15, 0.2) is 0 Å². The second kappa shape index (κ2) is 20.7. The Kier molecular flexibility index (Phi) is 19.0. The van der Waals surface area contributed by atoms with E-state index in [2.05, 4.69) is 30.8 Å². The van der Waals surface area contributed by atoms with Gasteiger partial charge in [0.25, 0.3) is 0 Å². The third-order valence-corrected chi connectivity index (χ3v) is 3.32. The van der Waals surface area contributed by atoms with Gasteiger partial charge in [-0.1, -0.05) is 19.3 Å². The Morgan fingerprint density at radius 2 is 0.839 bits per heavy atom. The summed E-state index contributed by atoms with van der Waals surface area (Å²) in [5.74, 6) is 0. The van der Waals surface area contributed by atoms with Crippen LogP contribution in [-0.4, -0.2) is 81.2 Å². The molecule has 0 amide bonds. The zero-order valence-corrected chi connectivity index (χ0v) is 18.3. The number of unbranched alkanes of at least 4 members (excludes halogenated alkanes) is 3. The molecule has 0 spiro atoms. The van der Waals surface area contributed by atoms with Crippen molar-refractivity contribution in [3.63, 3.8) is 0 Å². The molecule has 0 aliphatic carbocycles. The van der Waals surface area contributed by atoms with Crippen LogP contribution in [0.5, 0.6) is 0 Å². The van der Waals surface area contributed by atoms with Crippen molar-refractivity contribution in [1.29, 1.82) is 0 Å². The van der Waals surface area contributed by atoms with Crippen LogP contribution >= 0.6 is 0 Å². The molecule has 0 fully saturated rings. The maximum Gasteiger partial charge on any atom is 0.505 e. The first-order valence-corrected chi connectivity index (χ1v) is 9.85. The van der Waals surface area contributed by atoms with Gasteiger partial charge in [-0.25, -0.2) is 0 Å². The molecule has 0 aromatic rings. The van der Waals surface area contributed by atoms with Gasteiger partial charge in [-0.2, -0.15) is 35.7 Å². The molecule has 0 atom stereocenters. The highest BCUT2D eigenvalue weighted by Gasteiger charge is 2.41. The molecule has 182 valence electrons. The Bertz CT molecular complexity index is 421. The fraction of sp³-hybridized carbons (Fsp3) is 1.00. The predicted octanol–water partition coefficient (Wildman–Crippen LogP) is 2.31. The summed E-state index contributed by atoms with van der Waals surface area (Å²) in [6.07, 6.45) is 3.64. The lowest BCUT2D eigenvalue weighted by Gasteiger charge is -2.08. The fourth-order valence-corrected chi connectivity index (χ4v) is 1.81. The second-order valence-corrected chi connectivity index (χ2v) is 5.88. The lowest BCUT2D eigenvalue weighted by molar-refractivity contribution is -1.16. The molecule has 0 bridgehead atoms. The molecular weight excluding hydrogens is 422 g/mol. The third kappa shape index (κ3) is 19.2. The summed E-state index contributed by atoms with van der Waals surface area (Å²) in [4.78, 5) is 62.3. The quantitative estimate of drug-likeness (QED) is 0.156. The highest BCUT2D eigenvalue weighted by molar-refractivity contribution is 4.69. The molecule has 0 heterocycles. The minimum absolute atomic E-state index is 0.00694. The highest BCUT2D eigenvalue weighted by atomic mass is 17.4. The van der Waals surface area contributed by atoms with Crippen LogP contribution in [0.4, 0.5) is 0 Å². The van der Waals surface area contributed by atoms with Crippen LogP contribution in [0, 0.1) is 14.7 Å². The predicted molar refractivity (Wildman–Crippen MR) is 104 cm³/mol. The minimum atomic E-state index is -0.406. The Morgan fingerprint density at radius 1 is 0.548 bits per heavy atom. The van der Waals surface area contributed by atoms with E-state index in [4.69, 9.17) is 14.5 Å². The Morgan fingerprint density at radius 3 is 1.10 bits per heavy atom. The third-order valence-electron chi connectivity index (χ3n) is 3.32. The molecule has 0 aromatic heterocycles. The molecule has 31 heavy (non-hydrogen) atoms. The summed E-state index contributed by atoms with van der Waals surface area (Å²) in [5.41, 5.74) is 0. The van der Waals surface area contributed by atoms with Crippen molar-refractivity contribution in [2.24, 2.45) is 0 Å². The average molecular weight is 455 g/mol. The summed E-state index contributed by atoms with van der Waals surface area (Å²) in [5, 5.41) is 10.3. The van der Waals surface area contributed by atoms with Crippen molar-refractivity contribution < 1.29 is 44.6 Å². The topological polar surface area (TPSA) is 161 Å². The average Bonchev–Trinajstić information content (AvgIpc) is 2.73. The molecule has 0 saturated carbocycles. The van der Waals surface area contributed by atoms with Crippen LogP contribution < -0.4 is 0 Å². The van der Waals surface area contributed by atoms with Gasteiger partial charge in [0.15, 0.2) is 19.8 Å². The van der Waals surface area contributed by atoms with Gasteiger partial charge >= 0.3 is 20.6 Å². The monoisotopic (exact) mass is 455 g/mol. The lowest BCUT2D eigenvalue weighted by atomic mass is 10.3. The second-order valence-electron chi connectivity index (χ2n) is 5.88. The van der Waals surface area contributed by atoms with Crippen LogP contribution in [0.2, 0.25) is 0 Å². The number of hydrogen-bond acceptors (Lipinski definition) is 10. The van der Waals surface area contributed by atoms with Crippen LogP contribution in [0.3, 0.4) is 0 Å². The molecule has 16 nitrogen and oxygen atoms in total. The summed E-state index contributed by atoms with van der Waals surface area (Å²) in [6.45, 7) is 1.83. The van der Waals surface area contributed by atoms with E-state index in [1.165, 1.54) is 0 Å². The largest absolute Gasteiger partial charge is 0.665 e. The van der Waals surface area contributed by atoms with Gasteiger partial charge in [0.1, 0.15) is 14.7 Å². The van der Waals surface area contributed by atoms with E-state index in [0.717, 1.165) is 0 Å². The van der Waals surface area contributed by atoms with Crippen molar-refractivity contribution in [1.82, 2.24) is 5.39 Å². The van der Waals surface area contributed by atoms with Crippen LogP contribution in [0.25, 0.3) is 16.0 Å². The molecule has 0 aromatic carbocycles. The maximum atomic E-state index is 11.6. The molecule has 0 rings (SSSR count). The van der Waals surface area contributed by atoms with E-state index >= 15 is 0 Å². The van der Waals surface area contributed by atoms with E-state index in [9.17, 15) is 14.7 Å². The standard InChI is InChI=1S/C15H33N7O9/c1-16-10-4-7-13-26-19(23)29-22(30-20(24)27-14-8-5-11-17-2)31-21(25)28-15-9-6-12-18-3/h4-15H2,1-3H3. The van der Waals surface area contributed by atoms with Gasteiger partial charge in [0.2, 0.25) is 0 Å². The SMILES string of the molecule is C[N-]CCCCO[N+](=O)ON(O[N+](=O)OCCCC[N-]C)O[N+](=O)OCCCC[N-]C. The van der Waals surface area contributed by atoms with Gasteiger partial charge in [-0.3, -0.25) is 0 Å². The Balaban J connectivity index is 4.43. The first-order valence-electron chi connectivity index (χ1n) is 9.85. The molecule has 0 aliphatic heterocycles. The van der Waals surface area contributed by atoms with Crippen molar-refractivity contribution in [3.8, 4) is 0 Å². The first kappa shape index (κ1) is 28.4. The van der Waals surface area contributed by atoms with E-state index < -0.39 is 15.3 Å². The van der Waals surface area contributed by atoms with Gasteiger partial charge in [0.05, 0.1) is 0 Å². The zero-order chi connectivity index (χ0) is 23.2. The van der Waals surface area contributed by atoms with E-state index in [0.29, 0.717) is 58.2 Å². The molecule has 0 radical (unpaired) electrons. The van der Waals surface area contributed by atoms with E-state index in [1.807, 2.05) is 0 Å². The molecule has 16 heteroatoms. The number of hydrogen-bond donors (Lipinski definition) is 0. The number of nitrogens with zero attached hydrogens (tertiary/aromatic N) is 7. The van der Waals surface area contributed by atoms with Crippen molar-refractivity contribution in [3.05, 3.63) is 30.7 Å². The molecule has 0 unspecified atom stereocenters. The van der Waals surface area contributed by atoms with Crippen molar-refractivity contribution in [2.45, 2.75) is 38.5 Å². The normalized spacial score (nSPS) is 10.5. The zero-order valence-electron chi connectivity index (χ0n) is 18.3. The summed E-state index contributed by atoms with van der Waals surface area (Å²) < 4.78 is 0. The fourth-order valence-electron chi connectivity index (χ4n) is 1.81. The molecule has 0 N–H and O–H groups in total. The summed E-state index contributed by atoms with van der Waals surface area (Å²) in [6, 6.07) is 0. The van der Waals surface area contributed by atoms with Crippen molar-refractivity contribution >= 4 is 0 Å². The highest BCUT2D eigenvalue weighted by Crippen LogP contribution is 2.02. The smallest absolute Gasteiger partial charge is 0.505 e. The summed E-state index contributed by atoms with van der Waals surface area (Å²) in [7, 11) is 5.01. The first-order chi connectivity index (χ1) is 15.0. The lowest BCUT2D eigenvalue weighted by Crippen LogP contribution is -2.36. The number of rotatable bonds is 24. The van der Waals surface area contributed by atoms with Gasteiger partial charge in [-0.05, 0) is 19.3 Å². The van der Waals surface area contributed by atoms with Gasteiger partial charge in [-0.15, -0.1) is 19.6 Å². The van der Waals surface area contributed by atoms with Gasteiger partial charge in [0, 0.05) is 14.8 Å². The Hall–Kier alpha value is -2.56. The Labute approximate surface area is 180 Å². The maximum absolute atomic E-state index is 11.6. The van der Waals surface area contributed by atoms with Gasteiger partial charge < -0.3 is 16.0 Å².